The van der Waals surface area contributed by atoms with Crippen LogP contribution in [0.4, 0.5) is 16.0 Å². The molecule has 4 aromatic rings. The van der Waals surface area contributed by atoms with Gasteiger partial charge in [0.05, 0.1) is 23.2 Å². The number of aromatic nitrogens is 4. The molecule has 3 heterocycles. The van der Waals surface area contributed by atoms with Crippen molar-refractivity contribution in [1.29, 1.82) is 5.41 Å². The molecular weight excluding hydrogens is 417 g/mol. The van der Waals surface area contributed by atoms with Gasteiger partial charge in [-0.3, -0.25) is 9.36 Å². The van der Waals surface area contributed by atoms with Gasteiger partial charge in [-0.25, -0.2) is 19.3 Å². The molecule has 158 valence electrons. The molecule has 0 atom stereocenters. The summed E-state index contributed by atoms with van der Waals surface area (Å²) in [5.41, 5.74) is 1.10. The Balaban J connectivity index is 1.83. The zero-order valence-corrected chi connectivity index (χ0v) is 17.8. The zero-order valence-electron chi connectivity index (χ0n) is 16.9. The van der Waals surface area contributed by atoms with E-state index in [0.29, 0.717) is 39.8 Å². The summed E-state index contributed by atoms with van der Waals surface area (Å²) in [5, 5.41) is 16.3. The van der Waals surface area contributed by atoms with Crippen LogP contribution in [0.15, 0.2) is 40.8 Å². The van der Waals surface area contributed by atoms with Gasteiger partial charge in [0.15, 0.2) is 0 Å². The van der Waals surface area contributed by atoms with Gasteiger partial charge in [-0.15, -0.1) is 11.3 Å². The van der Waals surface area contributed by atoms with E-state index < -0.39 is 5.82 Å². The lowest BCUT2D eigenvalue weighted by atomic mass is 10.2. The normalized spacial score (nSPS) is 10.9. The lowest BCUT2D eigenvalue weighted by Gasteiger charge is -2.16. The van der Waals surface area contributed by atoms with Gasteiger partial charge in [0.2, 0.25) is 0 Å². The number of anilines is 2. The summed E-state index contributed by atoms with van der Waals surface area (Å²) in [6, 6.07) is 6.10. The monoisotopic (exact) mass is 437 g/mol. The van der Waals surface area contributed by atoms with Gasteiger partial charge in [-0.2, -0.15) is 0 Å². The third kappa shape index (κ3) is 3.77. The first-order valence-corrected chi connectivity index (χ1v) is 10.5. The molecular formula is C21H20FN7OS. The van der Waals surface area contributed by atoms with Gasteiger partial charge in [-0.05, 0) is 36.9 Å². The third-order valence-electron chi connectivity index (χ3n) is 4.74. The molecule has 0 unspecified atom stereocenters. The minimum Gasteiger partial charge on any atom is -0.370 e. The van der Waals surface area contributed by atoms with E-state index in [2.05, 4.69) is 25.6 Å². The smallest absolute Gasteiger partial charge is 0.267 e. The second kappa shape index (κ2) is 8.60. The predicted molar refractivity (Wildman–Crippen MR) is 121 cm³/mol. The van der Waals surface area contributed by atoms with Crippen LogP contribution in [-0.4, -0.2) is 32.3 Å². The minimum absolute atomic E-state index is 0.0971. The van der Waals surface area contributed by atoms with Gasteiger partial charge in [0, 0.05) is 12.8 Å². The lowest BCUT2D eigenvalue weighted by Crippen LogP contribution is -2.26. The van der Waals surface area contributed by atoms with Crippen molar-refractivity contribution < 1.29 is 4.39 Å². The van der Waals surface area contributed by atoms with Gasteiger partial charge in [0.1, 0.15) is 34.4 Å². The minimum atomic E-state index is -0.517. The van der Waals surface area contributed by atoms with Crippen molar-refractivity contribution in [3.8, 4) is 5.69 Å². The maximum absolute atomic E-state index is 14.6. The molecule has 0 saturated heterocycles. The van der Waals surface area contributed by atoms with E-state index >= 15 is 0 Å². The van der Waals surface area contributed by atoms with Crippen LogP contribution in [-0.2, 0) is 6.54 Å². The molecule has 1 aromatic carbocycles. The second-order valence-corrected chi connectivity index (χ2v) is 7.59. The molecule has 0 aliphatic rings. The number of thiophene rings is 1. The number of fused-ring (bicyclic) bond motifs is 1. The molecule has 10 heteroatoms. The number of hydrogen-bond acceptors (Lipinski definition) is 8. The summed E-state index contributed by atoms with van der Waals surface area (Å²) >= 11 is 1.37. The highest BCUT2D eigenvalue weighted by molar-refractivity contribution is 7.16. The first-order valence-electron chi connectivity index (χ1n) is 9.63. The molecule has 0 amide bonds. The Labute approximate surface area is 181 Å². The van der Waals surface area contributed by atoms with Crippen molar-refractivity contribution in [2.24, 2.45) is 0 Å². The highest BCUT2D eigenvalue weighted by Crippen LogP contribution is 2.24. The Kier molecular flexibility index (Phi) is 5.72. The Bertz CT molecular complexity index is 1330. The van der Waals surface area contributed by atoms with Crippen molar-refractivity contribution in [3.63, 3.8) is 0 Å². The highest BCUT2D eigenvalue weighted by atomic mass is 32.1. The first kappa shape index (κ1) is 20.6. The number of para-hydroxylation sites is 1. The van der Waals surface area contributed by atoms with Crippen LogP contribution in [0.1, 0.15) is 23.9 Å². The number of nitrogens with zero attached hydrogens (tertiary/aromatic N) is 4. The Morgan fingerprint density at radius 3 is 2.68 bits per heavy atom. The second-order valence-electron chi connectivity index (χ2n) is 6.73. The van der Waals surface area contributed by atoms with Crippen LogP contribution in [0.25, 0.3) is 15.9 Å². The number of benzene rings is 1. The van der Waals surface area contributed by atoms with Gasteiger partial charge < -0.3 is 16.0 Å². The molecule has 8 nitrogen and oxygen atoms in total. The summed E-state index contributed by atoms with van der Waals surface area (Å²) in [5.74, 6) is 0.761. The fourth-order valence-electron chi connectivity index (χ4n) is 3.31. The van der Waals surface area contributed by atoms with E-state index in [-0.39, 0.29) is 17.8 Å². The van der Waals surface area contributed by atoms with Gasteiger partial charge in [0.25, 0.3) is 5.56 Å². The molecule has 0 fully saturated rings. The van der Waals surface area contributed by atoms with Crippen LogP contribution in [0.5, 0.6) is 0 Å². The van der Waals surface area contributed by atoms with Crippen LogP contribution >= 0.6 is 11.3 Å². The molecule has 31 heavy (non-hydrogen) atoms. The molecule has 0 radical (unpaired) electrons. The van der Waals surface area contributed by atoms with Crippen LogP contribution in [0, 0.1) is 18.2 Å². The molecule has 3 N–H and O–H groups in total. The lowest BCUT2D eigenvalue weighted by molar-refractivity contribution is 0.612. The number of hydrogen-bond donors (Lipinski definition) is 3. The number of halogens is 1. The highest BCUT2D eigenvalue weighted by Gasteiger charge is 2.18. The van der Waals surface area contributed by atoms with E-state index in [4.69, 9.17) is 5.41 Å². The van der Waals surface area contributed by atoms with Crippen molar-refractivity contribution in [2.75, 3.05) is 17.2 Å². The molecule has 4 rings (SSSR count). The summed E-state index contributed by atoms with van der Waals surface area (Å²) in [7, 11) is 0. The fraction of sp³-hybridized carbons (Fsp3) is 0.190. The molecule has 0 aliphatic carbocycles. The van der Waals surface area contributed by atoms with E-state index in [9.17, 15) is 9.18 Å². The Morgan fingerprint density at radius 2 is 1.97 bits per heavy atom. The van der Waals surface area contributed by atoms with Crippen LogP contribution < -0.4 is 16.2 Å². The zero-order chi connectivity index (χ0) is 22.0. The number of rotatable bonds is 7. The van der Waals surface area contributed by atoms with Crippen molar-refractivity contribution in [3.05, 3.63) is 69.1 Å². The van der Waals surface area contributed by atoms with Crippen molar-refractivity contribution >= 4 is 39.4 Å². The summed E-state index contributed by atoms with van der Waals surface area (Å²) in [6.45, 7) is 4.50. The van der Waals surface area contributed by atoms with E-state index in [1.807, 2.05) is 19.2 Å². The largest absolute Gasteiger partial charge is 0.370 e. The third-order valence-corrected chi connectivity index (χ3v) is 5.73. The van der Waals surface area contributed by atoms with Crippen LogP contribution in [0.3, 0.4) is 0 Å². The van der Waals surface area contributed by atoms with Crippen LogP contribution in [0.2, 0.25) is 0 Å². The molecule has 0 saturated carbocycles. The topological polar surface area (TPSA) is 109 Å². The molecule has 3 aromatic heterocycles. The maximum Gasteiger partial charge on any atom is 0.267 e. The van der Waals surface area contributed by atoms with Crippen molar-refractivity contribution in [2.45, 2.75) is 20.4 Å². The Hall–Kier alpha value is -3.66. The number of aryl methyl sites for hydroxylation is 1. The average molecular weight is 438 g/mol. The molecule has 0 bridgehead atoms. The fourth-order valence-corrected chi connectivity index (χ4v) is 4.24. The van der Waals surface area contributed by atoms with E-state index in [1.54, 1.807) is 18.2 Å². The Morgan fingerprint density at radius 1 is 1.23 bits per heavy atom. The predicted octanol–water partition coefficient (Wildman–Crippen LogP) is 3.73. The van der Waals surface area contributed by atoms with Gasteiger partial charge >= 0.3 is 0 Å². The van der Waals surface area contributed by atoms with E-state index in [0.717, 1.165) is 11.8 Å². The summed E-state index contributed by atoms with van der Waals surface area (Å²) in [4.78, 5) is 26.9. The quantitative estimate of drug-likeness (QED) is 0.380. The van der Waals surface area contributed by atoms with E-state index in [1.165, 1.54) is 28.3 Å². The maximum atomic E-state index is 14.6. The van der Waals surface area contributed by atoms with Crippen molar-refractivity contribution in [1.82, 2.24) is 19.5 Å². The first-order chi connectivity index (χ1) is 15.0. The van der Waals surface area contributed by atoms with Gasteiger partial charge in [-0.1, -0.05) is 12.1 Å². The summed E-state index contributed by atoms with van der Waals surface area (Å²) in [6.07, 6.45) is 2.54. The average Bonchev–Trinajstić information content (AvgIpc) is 3.14. The number of nitrogens with one attached hydrogen (secondary N) is 3. The molecule has 0 aliphatic heterocycles. The summed E-state index contributed by atoms with van der Waals surface area (Å²) < 4.78 is 15.9. The SMILES string of the molecule is CCNc1ncnc(NCc2nc3scc(C)c3c(=O)n2-c2ccccc2F)c1C=N. The molecule has 0 spiro atoms. The standard InChI is InChI=1S/C21H20FN7OS/c1-3-24-18-13(8-23)19(27-11-26-18)25-9-16-28-20-17(12(2)10-31-20)21(30)29(16)15-7-5-4-6-14(15)22/h4-8,10-11,23H,3,9H2,1-2H3,(H2,24,25,26,27).